The molecule has 0 aromatic heterocycles. The van der Waals surface area contributed by atoms with Gasteiger partial charge in [0, 0.05) is 4.57 Å². The van der Waals surface area contributed by atoms with Crippen LogP contribution in [0.5, 0.6) is 0 Å². The molecule has 0 rings (SSSR count). The fourth-order valence-corrected chi connectivity index (χ4v) is 0.502. The summed E-state index contributed by atoms with van der Waals surface area (Å²) >= 11 is 0. The average molecular weight is 155 g/mol. The first-order chi connectivity index (χ1) is 4.16. The highest BCUT2D eigenvalue weighted by Crippen LogP contribution is 2.13. The highest BCUT2D eigenvalue weighted by molar-refractivity contribution is 7.32. The lowest BCUT2D eigenvalue weighted by molar-refractivity contribution is 0.0525. The highest BCUT2D eigenvalue weighted by atomic mass is 31.1. The molecule has 54 valence electrons. The molecule has 0 aliphatic carbocycles. The van der Waals surface area contributed by atoms with Crippen LogP contribution < -0.4 is 0 Å². The highest BCUT2D eigenvalue weighted by Gasteiger charge is 2.14. The van der Waals surface area contributed by atoms with E-state index in [4.69, 9.17) is 15.1 Å². The van der Waals surface area contributed by atoms with E-state index in [1.54, 1.807) is 0 Å². The Balaban J connectivity index is 3.16. The van der Waals surface area contributed by atoms with Gasteiger partial charge < -0.3 is 10.2 Å². The zero-order valence-corrected chi connectivity index (χ0v) is 5.49. The van der Waals surface area contributed by atoms with Gasteiger partial charge in [0.1, 0.15) is 12.7 Å². The molecule has 5 nitrogen and oxygen atoms in total. The van der Waals surface area contributed by atoms with Crippen LogP contribution in [0.25, 0.3) is 0 Å². The smallest absolute Gasteiger partial charge is 0.394 e. The maximum Gasteiger partial charge on any atom is 0.694 e. The van der Waals surface area contributed by atoms with Gasteiger partial charge in [-0.25, -0.2) is 0 Å². The maximum atomic E-state index is 9.75. The van der Waals surface area contributed by atoms with Crippen molar-refractivity contribution in [1.29, 1.82) is 0 Å². The Hall–Kier alpha value is -0.0600. The summed E-state index contributed by atoms with van der Waals surface area (Å²) in [6.07, 6.45) is -1.07. The molecule has 0 aromatic rings. The Morgan fingerprint density at radius 3 is 2.56 bits per heavy atom. The van der Waals surface area contributed by atoms with Crippen LogP contribution in [0.15, 0.2) is 0 Å². The molecule has 1 unspecified atom stereocenters. The van der Waals surface area contributed by atoms with Crippen LogP contribution in [-0.2, 0) is 9.09 Å². The van der Waals surface area contributed by atoms with Crippen LogP contribution in [0, 0.1) is 0 Å². The van der Waals surface area contributed by atoms with Crippen molar-refractivity contribution in [3.8, 4) is 0 Å². The molecule has 0 aromatic carbocycles. The van der Waals surface area contributed by atoms with E-state index < -0.39 is 21.0 Å². The average Bonchev–Trinajstić information content (AvgIpc) is 1.83. The lowest BCUT2D eigenvalue weighted by Crippen LogP contribution is -2.17. The summed E-state index contributed by atoms with van der Waals surface area (Å²) in [5, 5.41) is 16.6. The summed E-state index contributed by atoms with van der Waals surface area (Å²) in [5.41, 5.74) is 0. The van der Waals surface area contributed by atoms with Crippen molar-refractivity contribution >= 4 is 8.25 Å². The van der Waals surface area contributed by atoms with E-state index in [9.17, 15) is 4.57 Å². The van der Waals surface area contributed by atoms with Crippen molar-refractivity contribution in [2.75, 3.05) is 13.2 Å². The monoisotopic (exact) mass is 155 g/mol. The van der Waals surface area contributed by atoms with Crippen LogP contribution in [-0.4, -0.2) is 34.4 Å². The fourth-order valence-electron chi connectivity index (χ4n) is 0.203. The molecule has 0 spiro atoms. The Morgan fingerprint density at radius 1 is 1.67 bits per heavy atom. The van der Waals surface area contributed by atoms with Gasteiger partial charge >= 0.3 is 8.25 Å². The predicted molar refractivity (Wildman–Crippen MR) is 28.9 cm³/mol. The first kappa shape index (κ1) is 8.94. The standard InChI is InChI=1S/C3H7O5P/c4-1-3(5)2-8-9(6)7/h3-5H,1-2H2/p+1/t3-/m1/s1. The molecule has 9 heavy (non-hydrogen) atoms. The fraction of sp³-hybridized carbons (Fsp3) is 1.00. The summed E-state index contributed by atoms with van der Waals surface area (Å²) < 4.78 is 13.8. The molecule has 0 fully saturated rings. The van der Waals surface area contributed by atoms with E-state index in [1.807, 2.05) is 0 Å². The van der Waals surface area contributed by atoms with Gasteiger partial charge in [0.05, 0.1) is 6.61 Å². The summed E-state index contributed by atoms with van der Waals surface area (Å²) in [6, 6.07) is 0. The van der Waals surface area contributed by atoms with Gasteiger partial charge in [0.2, 0.25) is 0 Å². The maximum absolute atomic E-state index is 9.75. The summed E-state index contributed by atoms with van der Waals surface area (Å²) in [6.45, 7) is -0.786. The molecule has 0 aliphatic rings. The lowest BCUT2D eigenvalue weighted by Gasteiger charge is -1.97. The van der Waals surface area contributed by atoms with E-state index in [0.29, 0.717) is 0 Å². The number of rotatable bonds is 4. The molecule has 0 radical (unpaired) electrons. The van der Waals surface area contributed by atoms with Gasteiger partial charge in [0.25, 0.3) is 0 Å². The number of hydrogen-bond acceptors (Lipinski definition) is 4. The summed E-state index contributed by atoms with van der Waals surface area (Å²) in [7, 11) is -2.66. The molecule has 0 amide bonds. The topological polar surface area (TPSA) is 87.0 Å². The minimum Gasteiger partial charge on any atom is -0.394 e. The third-order valence-corrected chi connectivity index (χ3v) is 0.958. The van der Waals surface area contributed by atoms with E-state index in [-0.39, 0.29) is 6.61 Å². The van der Waals surface area contributed by atoms with Crippen molar-refractivity contribution in [3.05, 3.63) is 0 Å². The van der Waals surface area contributed by atoms with E-state index >= 15 is 0 Å². The lowest BCUT2D eigenvalue weighted by atomic mass is 10.4. The van der Waals surface area contributed by atoms with Gasteiger partial charge in [0.15, 0.2) is 0 Å². The predicted octanol–water partition coefficient (Wildman–Crippen LogP) is -0.994. The van der Waals surface area contributed by atoms with Gasteiger partial charge in [-0.3, -0.25) is 0 Å². The second-order valence-electron chi connectivity index (χ2n) is 1.37. The van der Waals surface area contributed by atoms with Crippen molar-refractivity contribution in [2.24, 2.45) is 0 Å². The molecule has 0 saturated carbocycles. The molecule has 6 heteroatoms. The van der Waals surface area contributed by atoms with Crippen molar-refractivity contribution < 1.29 is 24.2 Å². The molecule has 3 N–H and O–H groups in total. The van der Waals surface area contributed by atoms with Crippen molar-refractivity contribution in [1.82, 2.24) is 0 Å². The Kier molecular flexibility index (Phi) is 4.75. The van der Waals surface area contributed by atoms with Gasteiger partial charge in [-0.05, 0) is 0 Å². The number of aliphatic hydroxyl groups is 2. The first-order valence-electron chi connectivity index (χ1n) is 2.24. The molecular weight excluding hydrogens is 147 g/mol. The quantitative estimate of drug-likeness (QED) is 0.453. The third kappa shape index (κ3) is 5.82. The second kappa shape index (κ2) is 4.78. The normalized spacial score (nSPS) is 15.2. The number of aliphatic hydroxyl groups excluding tert-OH is 2. The molecule has 0 heterocycles. The van der Waals surface area contributed by atoms with Gasteiger partial charge in [-0.15, -0.1) is 9.42 Å². The zero-order valence-electron chi connectivity index (χ0n) is 4.60. The largest absolute Gasteiger partial charge is 0.694 e. The van der Waals surface area contributed by atoms with Gasteiger partial charge in [-0.1, -0.05) is 0 Å². The van der Waals surface area contributed by atoms with Crippen LogP contribution >= 0.6 is 8.25 Å². The van der Waals surface area contributed by atoms with Crippen LogP contribution in [0.1, 0.15) is 0 Å². The molecule has 0 bridgehead atoms. The number of hydrogen-bond donors (Lipinski definition) is 3. The SMILES string of the molecule is O=[P+](O)OC[C@H](O)CO. The summed E-state index contributed by atoms with van der Waals surface area (Å²) in [4.78, 5) is 7.99. The Labute approximate surface area is 52.8 Å². The minimum atomic E-state index is -2.66. The molecule has 0 aliphatic heterocycles. The first-order valence-corrected chi connectivity index (χ1v) is 3.38. The van der Waals surface area contributed by atoms with E-state index in [0.717, 1.165) is 0 Å². The second-order valence-corrected chi connectivity index (χ2v) is 2.10. The van der Waals surface area contributed by atoms with Gasteiger partial charge in [-0.2, -0.15) is 0 Å². The van der Waals surface area contributed by atoms with Crippen molar-refractivity contribution in [2.45, 2.75) is 6.10 Å². The third-order valence-electron chi connectivity index (χ3n) is 0.588. The molecule has 0 saturated heterocycles. The minimum absolute atomic E-state index is 0.317. The Morgan fingerprint density at radius 2 is 2.22 bits per heavy atom. The van der Waals surface area contributed by atoms with E-state index in [1.165, 1.54) is 0 Å². The van der Waals surface area contributed by atoms with Crippen LogP contribution in [0.3, 0.4) is 0 Å². The van der Waals surface area contributed by atoms with Crippen LogP contribution in [0.2, 0.25) is 0 Å². The zero-order chi connectivity index (χ0) is 7.28. The summed E-state index contributed by atoms with van der Waals surface area (Å²) in [5.74, 6) is 0. The van der Waals surface area contributed by atoms with Crippen molar-refractivity contribution in [3.63, 3.8) is 0 Å². The molecular formula is C3H8O5P+. The molecule has 2 atom stereocenters. The van der Waals surface area contributed by atoms with E-state index in [2.05, 4.69) is 4.52 Å². The Bertz CT molecular complexity index is 94.2. The van der Waals surface area contributed by atoms with Crippen LogP contribution in [0.4, 0.5) is 0 Å².